The monoisotopic (exact) mass is 463 g/mol. The normalized spacial score (nSPS) is 15.6. The van der Waals surface area contributed by atoms with Gasteiger partial charge in [-0.2, -0.15) is 18.4 Å². The molecule has 0 fully saturated rings. The molecule has 0 spiro atoms. The van der Waals surface area contributed by atoms with Crippen molar-refractivity contribution in [2.24, 2.45) is 0 Å². The highest BCUT2D eigenvalue weighted by molar-refractivity contribution is 7.91. The highest BCUT2D eigenvalue weighted by atomic mass is 32.2. The van der Waals surface area contributed by atoms with Crippen LogP contribution < -0.4 is 5.32 Å². The number of ketones is 1. The van der Waals surface area contributed by atoms with E-state index >= 15 is 0 Å². The van der Waals surface area contributed by atoms with Crippen molar-refractivity contribution < 1.29 is 26.4 Å². The summed E-state index contributed by atoms with van der Waals surface area (Å²) in [6, 6.07) is 8.41. The van der Waals surface area contributed by atoms with Gasteiger partial charge in [0, 0.05) is 35.5 Å². The number of benzene rings is 1. The number of anilines is 1. The van der Waals surface area contributed by atoms with Crippen LogP contribution in [0, 0.1) is 11.3 Å². The summed E-state index contributed by atoms with van der Waals surface area (Å²) < 4.78 is 64.3. The quantitative estimate of drug-likeness (QED) is 0.672. The van der Waals surface area contributed by atoms with Gasteiger partial charge in [0.2, 0.25) is 0 Å². The predicted octanol–water partition coefficient (Wildman–Crippen LogP) is 4.60. The van der Waals surface area contributed by atoms with Crippen LogP contribution in [0.5, 0.6) is 0 Å². The summed E-state index contributed by atoms with van der Waals surface area (Å²) in [5.41, 5.74) is 0.350. The summed E-state index contributed by atoms with van der Waals surface area (Å²) in [5, 5.41) is 12.1. The molecule has 1 N–H and O–H groups in total. The molecule has 3 rings (SSSR count). The fraction of sp³-hybridized carbons (Fsp3) is 0.318. The number of sulfone groups is 1. The first-order chi connectivity index (χ1) is 15.0. The van der Waals surface area contributed by atoms with Crippen molar-refractivity contribution in [3.63, 3.8) is 0 Å². The fourth-order valence-corrected chi connectivity index (χ4v) is 4.91. The van der Waals surface area contributed by atoms with Gasteiger partial charge >= 0.3 is 6.18 Å². The van der Waals surface area contributed by atoms with Gasteiger partial charge in [0.1, 0.15) is 5.69 Å². The molecular weight excluding hydrogens is 443 g/mol. The molecular formula is C22H20F3N3O3S. The van der Waals surface area contributed by atoms with Gasteiger partial charge in [-0.05, 0) is 36.2 Å². The van der Waals surface area contributed by atoms with Crippen LogP contribution in [-0.2, 0) is 20.8 Å². The Kier molecular flexibility index (Phi) is 6.41. The number of nitrogens with zero attached hydrogens (tertiary/aromatic N) is 2. The molecule has 1 aliphatic rings. The van der Waals surface area contributed by atoms with Crippen LogP contribution in [0.15, 0.2) is 52.7 Å². The van der Waals surface area contributed by atoms with Crippen LogP contribution in [-0.4, -0.2) is 24.9 Å². The van der Waals surface area contributed by atoms with Crippen LogP contribution in [0.4, 0.5) is 18.9 Å². The van der Waals surface area contributed by atoms with E-state index in [0.717, 1.165) is 12.3 Å². The topological polar surface area (TPSA) is 99.9 Å². The molecule has 0 radical (unpaired) electrons. The minimum Gasteiger partial charge on any atom is -0.358 e. The zero-order valence-corrected chi connectivity index (χ0v) is 18.1. The minimum atomic E-state index is -4.61. The second-order valence-corrected chi connectivity index (χ2v) is 9.60. The van der Waals surface area contributed by atoms with E-state index in [2.05, 4.69) is 10.3 Å². The first-order valence-corrected chi connectivity index (χ1v) is 11.5. The molecule has 0 saturated carbocycles. The molecule has 0 bridgehead atoms. The number of rotatable bonds is 6. The maximum atomic E-state index is 13.0. The lowest BCUT2D eigenvalue weighted by molar-refractivity contribution is -0.141. The van der Waals surface area contributed by atoms with E-state index in [1.54, 1.807) is 6.92 Å². The zero-order valence-electron chi connectivity index (χ0n) is 17.3. The van der Waals surface area contributed by atoms with Gasteiger partial charge in [0.25, 0.3) is 0 Å². The summed E-state index contributed by atoms with van der Waals surface area (Å²) in [6.07, 6.45) is -3.14. The lowest BCUT2D eigenvalue weighted by Gasteiger charge is -2.20. The zero-order chi connectivity index (χ0) is 23.7. The van der Waals surface area contributed by atoms with Gasteiger partial charge in [0.05, 0.1) is 22.3 Å². The van der Waals surface area contributed by atoms with Gasteiger partial charge in [-0.25, -0.2) is 8.42 Å². The Labute approximate surface area is 183 Å². The number of carbonyl (C=O) groups is 1. The lowest BCUT2D eigenvalue weighted by atomic mass is 9.90. The smallest absolute Gasteiger partial charge is 0.358 e. The number of aromatic nitrogens is 1. The number of allylic oxidation sites excluding steroid dienone is 2. The predicted molar refractivity (Wildman–Crippen MR) is 111 cm³/mol. The first-order valence-electron chi connectivity index (χ1n) is 9.81. The third-order valence-corrected chi connectivity index (χ3v) is 7.11. The van der Waals surface area contributed by atoms with Crippen LogP contribution in [0.1, 0.15) is 49.4 Å². The number of nitriles is 1. The molecule has 2 aromatic rings. The van der Waals surface area contributed by atoms with Crippen LogP contribution >= 0.6 is 0 Å². The SMILES string of the molecule is CCS(=O)(=O)c1cc(C#N)ccc1C(C)C1=C(Nc2ccnc(C(F)(F)F)c2)CCC1=O. The third kappa shape index (κ3) is 4.67. The van der Waals surface area contributed by atoms with Gasteiger partial charge < -0.3 is 5.32 Å². The highest BCUT2D eigenvalue weighted by Gasteiger charge is 2.34. The molecule has 0 saturated heterocycles. The Hall–Kier alpha value is -3.19. The molecule has 1 unspecified atom stereocenters. The maximum Gasteiger partial charge on any atom is 0.433 e. The van der Waals surface area contributed by atoms with E-state index in [-0.39, 0.29) is 40.5 Å². The summed E-state index contributed by atoms with van der Waals surface area (Å²) in [6.45, 7) is 3.15. The van der Waals surface area contributed by atoms with Gasteiger partial charge in [-0.15, -0.1) is 0 Å². The molecule has 0 aliphatic heterocycles. The Morgan fingerprint density at radius 2 is 1.94 bits per heavy atom. The van der Waals surface area contributed by atoms with E-state index < -0.39 is 27.6 Å². The fourth-order valence-electron chi connectivity index (χ4n) is 3.69. The molecule has 10 heteroatoms. The average Bonchev–Trinajstić information content (AvgIpc) is 3.12. The number of Topliss-reactive ketones (excluding diaryl/α,β-unsaturated/α-hetero) is 1. The Morgan fingerprint density at radius 3 is 2.56 bits per heavy atom. The van der Waals surface area contributed by atoms with Crippen LogP contribution in [0.25, 0.3) is 0 Å². The van der Waals surface area contributed by atoms with E-state index in [1.807, 2.05) is 6.07 Å². The minimum absolute atomic E-state index is 0.0265. The van der Waals surface area contributed by atoms with E-state index in [9.17, 15) is 26.4 Å². The largest absolute Gasteiger partial charge is 0.433 e. The Morgan fingerprint density at radius 1 is 1.22 bits per heavy atom. The van der Waals surface area contributed by atoms with Crippen molar-refractivity contribution in [2.45, 2.75) is 43.7 Å². The molecule has 32 heavy (non-hydrogen) atoms. The van der Waals surface area contributed by atoms with Crippen molar-refractivity contribution in [3.05, 3.63) is 64.6 Å². The number of carbonyl (C=O) groups excluding carboxylic acids is 1. The van der Waals surface area contributed by atoms with E-state index in [0.29, 0.717) is 16.8 Å². The average molecular weight is 463 g/mol. The highest BCUT2D eigenvalue weighted by Crippen LogP contribution is 2.38. The maximum absolute atomic E-state index is 13.0. The number of hydrogen-bond donors (Lipinski definition) is 1. The summed E-state index contributed by atoms with van der Waals surface area (Å²) in [5.74, 6) is -1.05. The van der Waals surface area contributed by atoms with Crippen LogP contribution in [0.3, 0.4) is 0 Å². The molecule has 1 atom stereocenters. The molecule has 168 valence electrons. The van der Waals surface area contributed by atoms with E-state index in [4.69, 9.17) is 5.26 Å². The summed E-state index contributed by atoms with van der Waals surface area (Å²) >= 11 is 0. The van der Waals surface area contributed by atoms with Crippen molar-refractivity contribution in [3.8, 4) is 6.07 Å². The van der Waals surface area contributed by atoms with Gasteiger partial charge in [-0.3, -0.25) is 9.78 Å². The number of halogens is 3. The number of nitrogens with one attached hydrogen (secondary N) is 1. The molecule has 0 amide bonds. The van der Waals surface area contributed by atoms with Crippen LogP contribution in [0.2, 0.25) is 0 Å². The third-order valence-electron chi connectivity index (χ3n) is 5.33. The Bertz CT molecular complexity index is 1250. The second kappa shape index (κ2) is 8.74. The number of alkyl halides is 3. The van der Waals surface area contributed by atoms with Crippen molar-refractivity contribution in [1.82, 2.24) is 4.98 Å². The Balaban J connectivity index is 2.07. The second-order valence-electron chi connectivity index (χ2n) is 7.36. The molecule has 1 aliphatic carbocycles. The van der Waals surface area contributed by atoms with Gasteiger partial charge in [0.15, 0.2) is 15.6 Å². The molecule has 1 heterocycles. The standard InChI is InChI=1S/C22H20F3N3O3S/c1-3-32(30,31)19-10-14(12-26)4-5-16(19)13(2)21-17(6-7-18(21)29)28-15-8-9-27-20(11-15)22(23,24)25/h4-5,8-11,13H,3,6-7H2,1-2H3,(H,27,28). The molecule has 1 aromatic carbocycles. The van der Waals surface area contributed by atoms with Crippen molar-refractivity contribution in [2.75, 3.05) is 11.1 Å². The van der Waals surface area contributed by atoms with Crippen molar-refractivity contribution >= 4 is 21.3 Å². The molecule has 6 nitrogen and oxygen atoms in total. The summed E-state index contributed by atoms with van der Waals surface area (Å²) in [7, 11) is -3.69. The first kappa shape index (κ1) is 23.5. The van der Waals surface area contributed by atoms with Gasteiger partial charge in [-0.1, -0.05) is 19.9 Å². The molecule has 1 aromatic heterocycles. The number of pyridine rings is 1. The number of hydrogen-bond acceptors (Lipinski definition) is 6. The van der Waals surface area contributed by atoms with Crippen molar-refractivity contribution in [1.29, 1.82) is 5.26 Å². The lowest BCUT2D eigenvalue weighted by Crippen LogP contribution is -2.14. The van der Waals surface area contributed by atoms with E-state index in [1.165, 1.54) is 31.2 Å². The summed E-state index contributed by atoms with van der Waals surface area (Å²) in [4.78, 5) is 16.0.